The summed E-state index contributed by atoms with van der Waals surface area (Å²) in [5.41, 5.74) is 3.42. The molecular formula is C20H25N3O4. The quantitative estimate of drug-likeness (QED) is 0.839. The van der Waals surface area contributed by atoms with E-state index in [1.54, 1.807) is 22.8 Å². The molecule has 3 heterocycles. The molecule has 0 radical (unpaired) electrons. The summed E-state index contributed by atoms with van der Waals surface area (Å²) in [5, 5.41) is 0.549. The molecule has 2 aliphatic rings. The van der Waals surface area contributed by atoms with E-state index in [4.69, 9.17) is 9.57 Å². The Morgan fingerprint density at radius 2 is 2.07 bits per heavy atom. The molecule has 0 saturated carbocycles. The molecule has 144 valence electrons. The zero-order valence-corrected chi connectivity index (χ0v) is 15.4. The number of rotatable bonds is 3. The molecule has 27 heavy (non-hydrogen) atoms. The van der Waals surface area contributed by atoms with E-state index in [1.165, 1.54) is 0 Å². The van der Waals surface area contributed by atoms with Gasteiger partial charge in [0, 0.05) is 31.6 Å². The van der Waals surface area contributed by atoms with Gasteiger partial charge in [0.25, 0.3) is 11.5 Å². The third-order valence-electron chi connectivity index (χ3n) is 5.25. The van der Waals surface area contributed by atoms with Gasteiger partial charge in [-0.2, -0.15) is 0 Å². The number of fused-ring (bicyclic) bond motifs is 2. The SMILES string of the molecule is O=C(NO[C@H]1CCCCO1)c1ccc2c(=O)n3c(nc2c1)CCCCCC3. The van der Waals surface area contributed by atoms with Gasteiger partial charge in [-0.15, -0.1) is 0 Å². The summed E-state index contributed by atoms with van der Waals surface area (Å²) >= 11 is 0. The van der Waals surface area contributed by atoms with E-state index in [1.807, 2.05) is 0 Å². The Kier molecular flexibility index (Phi) is 5.50. The first kappa shape index (κ1) is 18.1. The molecule has 1 N–H and O–H groups in total. The second-order valence-electron chi connectivity index (χ2n) is 7.23. The Labute approximate surface area is 157 Å². The summed E-state index contributed by atoms with van der Waals surface area (Å²) in [6.07, 6.45) is 7.55. The van der Waals surface area contributed by atoms with Crippen molar-refractivity contribution in [2.75, 3.05) is 6.61 Å². The third-order valence-corrected chi connectivity index (χ3v) is 5.25. The second-order valence-corrected chi connectivity index (χ2v) is 7.23. The van der Waals surface area contributed by atoms with Gasteiger partial charge in [-0.3, -0.25) is 14.2 Å². The Morgan fingerprint density at radius 3 is 2.93 bits per heavy atom. The van der Waals surface area contributed by atoms with Crippen LogP contribution in [0.3, 0.4) is 0 Å². The van der Waals surface area contributed by atoms with E-state index in [0.717, 1.165) is 57.2 Å². The summed E-state index contributed by atoms with van der Waals surface area (Å²) in [6.45, 7) is 1.37. The lowest BCUT2D eigenvalue weighted by Gasteiger charge is -2.22. The number of benzene rings is 1. The Morgan fingerprint density at radius 1 is 1.19 bits per heavy atom. The number of aromatic nitrogens is 2. The van der Waals surface area contributed by atoms with Gasteiger partial charge in [0.15, 0.2) is 6.29 Å². The highest BCUT2D eigenvalue weighted by Crippen LogP contribution is 2.17. The summed E-state index contributed by atoms with van der Waals surface area (Å²) in [6, 6.07) is 4.99. The van der Waals surface area contributed by atoms with Gasteiger partial charge in [-0.05, 0) is 43.9 Å². The van der Waals surface area contributed by atoms with Crippen LogP contribution in [-0.4, -0.2) is 28.4 Å². The molecule has 1 aromatic carbocycles. The number of amides is 1. The molecule has 7 heteroatoms. The van der Waals surface area contributed by atoms with E-state index in [-0.39, 0.29) is 11.5 Å². The van der Waals surface area contributed by atoms with Gasteiger partial charge in [0.2, 0.25) is 0 Å². The number of hydrogen-bond acceptors (Lipinski definition) is 5. The van der Waals surface area contributed by atoms with E-state index in [2.05, 4.69) is 10.5 Å². The smallest absolute Gasteiger partial charge is 0.275 e. The van der Waals surface area contributed by atoms with Crippen LogP contribution in [0.2, 0.25) is 0 Å². The highest BCUT2D eigenvalue weighted by Gasteiger charge is 2.18. The third kappa shape index (κ3) is 4.04. The Bertz CT molecular complexity index is 887. The van der Waals surface area contributed by atoms with Crippen LogP contribution in [0.25, 0.3) is 10.9 Å². The molecule has 1 aromatic heterocycles. The van der Waals surface area contributed by atoms with Crippen LogP contribution < -0.4 is 11.0 Å². The molecule has 0 aliphatic carbocycles. The minimum absolute atomic E-state index is 0.0179. The highest BCUT2D eigenvalue weighted by molar-refractivity contribution is 5.97. The number of aryl methyl sites for hydroxylation is 1. The topological polar surface area (TPSA) is 82.5 Å². The van der Waals surface area contributed by atoms with Crippen molar-refractivity contribution in [1.29, 1.82) is 0 Å². The molecule has 7 nitrogen and oxygen atoms in total. The number of hydroxylamine groups is 1. The van der Waals surface area contributed by atoms with Crippen molar-refractivity contribution in [3.8, 4) is 0 Å². The van der Waals surface area contributed by atoms with Crippen molar-refractivity contribution in [1.82, 2.24) is 15.0 Å². The lowest BCUT2D eigenvalue weighted by molar-refractivity contribution is -0.186. The largest absolute Gasteiger partial charge is 0.350 e. The average Bonchev–Trinajstić information content (AvgIpc) is 2.68. The first-order valence-electron chi connectivity index (χ1n) is 9.83. The summed E-state index contributed by atoms with van der Waals surface area (Å²) in [5.74, 6) is 0.455. The molecular weight excluding hydrogens is 346 g/mol. The van der Waals surface area contributed by atoms with Crippen LogP contribution >= 0.6 is 0 Å². The molecule has 0 spiro atoms. The molecule has 1 amide bonds. The summed E-state index contributed by atoms with van der Waals surface area (Å²) in [4.78, 5) is 35.3. The van der Waals surface area contributed by atoms with Crippen molar-refractivity contribution >= 4 is 16.8 Å². The van der Waals surface area contributed by atoms with Crippen LogP contribution in [0, 0.1) is 0 Å². The zero-order valence-electron chi connectivity index (χ0n) is 15.4. The number of ether oxygens (including phenoxy) is 1. The molecule has 1 saturated heterocycles. The fourth-order valence-corrected chi connectivity index (χ4v) is 3.72. The first-order chi connectivity index (χ1) is 13.2. The normalized spacial score (nSPS) is 20.5. The monoisotopic (exact) mass is 371 g/mol. The van der Waals surface area contributed by atoms with Crippen molar-refractivity contribution in [3.05, 3.63) is 39.9 Å². The van der Waals surface area contributed by atoms with E-state index in [9.17, 15) is 9.59 Å². The fourth-order valence-electron chi connectivity index (χ4n) is 3.72. The molecule has 1 atom stereocenters. The van der Waals surface area contributed by atoms with Crippen LogP contribution in [0.1, 0.15) is 61.1 Å². The van der Waals surface area contributed by atoms with Gasteiger partial charge in [0.1, 0.15) is 5.82 Å². The maximum atomic E-state index is 12.8. The number of carbonyl (C=O) groups is 1. The molecule has 2 aliphatic heterocycles. The van der Waals surface area contributed by atoms with Crippen LogP contribution in [-0.2, 0) is 22.5 Å². The van der Waals surface area contributed by atoms with Gasteiger partial charge < -0.3 is 4.74 Å². The number of nitrogens with one attached hydrogen (secondary N) is 1. The van der Waals surface area contributed by atoms with E-state index < -0.39 is 6.29 Å². The number of carbonyl (C=O) groups excluding carboxylic acids is 1. The lowest BCUT2D eigenvalue weighted by Crippen LogP contribution is -2.33. The fraction of sp³-hybridized carbons (Fsp3) is 0.550. The minimum Gasteiger partial charge on any atom is -0.350 e. The second kappa shape index (κ2) is 8.19. The van der Waals surface area contributed by atoms with E-state index >= 15 is 0 Å². The summed E-state index contributed by atoms with van der Waals surface area (Å²) in [7, 11) is 0. The predicted octanol–water partition coefficient (Wildman–Crippen LogP) is 2.70. The van der Waals surface area contributed by atoms with Gasteiger partial charge in [0.05, 0.1) is 10.9 Å². The molecule has 1 fully saturated rings. The maximum absolute atomic E-state index is 12.8. The molecule has 4 rings (SSSR count). The van der Waals surface area contributed by atoms with Crippen LogP contribution in [0.5, 0.6) is 0 Å². The predicted molar refractivity (Wildman–Crippen MR) is 100 cm³/mol. The molecule has 0 unspecified atom stereocenters. The van der Waals surface area contributed by atoms with E-state index in [0.29, 0.717) is 29.6 Å². The Hall–Kier alpha value is -2.25. The molecule has 2 aromatic rings. The lowest BCUT2D eigenvalue weighted by atomic mass is 10.1. The number of hydrogen-bond donors (Lipinski definition) is 1. The standard InChI is InChI=1S/C20H25N3O4/c24-19(22-27-18-8-4-6-12-26-18)14-9-10-15-16(13-14)21-17-7-3-1-2-5-11-23(17)20(15)25/h9-10,13,18H,1-8,11-12H2,(H,22,24)/t18-/m0/s1. The maximum Gasteiger partial charge on any atom is 0.275 e. The van der Waals surface area contributed by atoms with Crippen molar-refractivity contribution in [2.45, 2.75) is 64.2 Å². The summed E-state index contributed by atoms with van der Waals surface area (Å²) < 4.78 is 7.24. The van der Waals surface area contributed by atoms with Crippen molar-refractivity contribution < 1.29 is 14.4 Å². The minimum atomic E-state index is -0.398. The van der Waals surface area contributed by atoms with Crippen molar-refractivity contribution in [2.24, 2.45) is 0 Å². The highest BCUT2D eigenvalue weighted by atomic mass is 16.8. The van der Waals surface area contributed by atoms with Crippen LogP contribution in [0.4, 0.5) is 0 Å². The van der Waals surface area contributed by atoms with Crippen molar-refractivity contribution in [3.63, 3.8) is 0 Å². The van der Waals surface area contributed by atoms with Gasteiger partial charge in [-0.25, -0.2) is 15.3 Å². The molecule has 0 bridgehead atoms. The average molecular weight is 371 g/mol. The zero-order chi connectivity index (χ0) is 18.6. The first-order valence-corrected chi connectivity index (χ1v) is 9.83. The number of nitrogens with zero attached hydrogens (tertiary/aromatic N) is 2. The van der Waals surface area contributed by atoms with Gasteiger partial charge >= 0.3 is 0 Å². The van der Waals surface area contributed by atoms with Gasteiger partial charge in [-0.1, -0.05) is 12.8 Å². The Balaban J connectivity index is 1.56. The van der Waals surface area contributed by atoms with Crippen LogP contribution in [0.15, 0.2) is 23.0 Å².